The summed E-state index contributed by atoms with van der Waals surface area (Å²) in [6, 6.07) is 1.80. The van der Waals surface area contributed by atoms with Crippen LogP contribution in [0.4, 0.5) is 4.39 Å². The normalized spacial score (nSPS) is 11.3. The average Bonchev–Trinajstić information content (AvgIpc) is 2.31. The highest BCUT2D eigenvalue weighted by Gasteiger charge is 2.24. The number of unbranched alkanes of at least 4 members (excludes halogenated alkanes) is 1. The molecule has 1 N–H and O–H groups in total. The van der Waals surface area contributed by atoms with Crippen molar-refractivity contribution in [3.8, 4) is 0 Å². The van der Waals surface area contributed by atoms with Gasteiger partial charge in [-0.05, 0) is 25.0 Å². The maximum atomic E-state index is 13.9. The van der Waals surface area contributed by atoms with Gasteiger partial charge in [-0.2, -0.15) is 0 Å². The quantitative estimate of drug-likeness (QED) is 0.648. The third-order valence-corrected chi connectivity index (χ3v) is 4.40. The molecule has 1 aromatic carbocycles. The zero-order chi connectivity index (χ0) is 14.6. The first-order valence-electron chi connectivity index (χ1n) is 5.35. The van der Waals surface area contributed by atoms with Crippen LogP contribution in [0.5, 0.6) is 0 Å². The van der Waals surface area contributed by atoms with E-state index in [1.807, 2.05) is 0 Å². The highest BCUT2D eigenvalue weighted by Crippen LogP contribution is 2.25. The number of benzene rings is 1. The minimum Gasteiger partial charge on any atom is -0.478 e. The van der Waals surface area contributed by atoms with Crippen molar-refractivity contribution in [3.05, 3.63) is 41.2 Å². The minimum atomic E-state index is -3.91. The maximum Gasteiger partial charge on any atom is 0.338 e. The molecule has 19 heavy (non-hydrogen) atoms. The Bertz CT molecular complexity index is 610. The zero-order valence-electron chi connectivity index (χ0n) is 9.90. The van der Waals surface area contributed by atoms with Crippen molar-refractivity contribution in [1.82, 2.24) is 0 Å². The van der Waals surface area contributed by atoms with Gasteiger partial charge in [-0.25, -0.2) is 17.6 Å². The van der Waals surface area contributed by atoms with Crippen molar-refractivity contribution in [3.63, 3.8) is 0 Å². The summed E-state index contributed by atoms with van der Waals surface area (Å²) in [5, 5.41) is 8.65. The SMILES string of the molecule is C=CCCCS(=O)(=O)c1cc(Cl)cc(C(=O)O)c1F. The molecule has 7 heteroatoms. The Labute approximate surface area is 115 Å². The van der Waals surface area contributed by atoms with E-state index in [0.29, 0.717) is 6.42 Å². The van der Waals surface area contributed by atoms with Crippen LogP contribution in [0.25, 0.3) is 0 Å². The highest BCUT2D eigenvalue weighted by atomic mass is 35.5. The van der Waals surface area contributed by atoms with Crippen molar-refractivity contribution in [1.29, 1.82) is 0 Å². The summed E-state index contributed by atoms with van der Waals surface area (Å²) in [5.41, 5.74) is -0.755. The average molecular weight is 307 g/mol. The molecule has 4 nitrogen and oxygen atoms in total. The summed E-state index contributed by atoms with van der Waals surface area (Å²) in [4.78, 5) is 10.1. The monoisotopic (exact) mass is 306 g/mol. The van der Waals surface area contributed by atoms with Gasteiger partial charge in [-0.3, -0.25) is 0 Å². The van der Waals surface area contributed by atoms with Gasteiger partial charge in [0.15, 0.2) is 15.7 Å². The Kier molecular flexibility index (Phi) is 5.08. The lowest BCUT2D eigenvalue weighted by Gasteiger charge is -2.08. The van der Waals surface area contributed by atoms with Crippen LogP contribution >= 0.6 is 11.6 Å². The van der Waals surface area contributed by atoms with Crippen LogP contribution < -0.4 is 0 Å². The van der Waals surface area contributed by atoms with Gasteiger partial charge in [0.1, 0.15) is 4.90 Å². The molecule has 104 valence electrons. The van der Waals surface area contributed by atoms with Crippen LogP contribution in [0, 0.1) is 5.82 Å². The highest BCUT2D eigenvalue weighted by molar-refractivity contribution is 7.91. The lowest BCUT2D eigenvalue weighted by atomic mass is 10.2. The smallest absolute Gasteiger partial charge is 0.338 e. The van der Waals surface area contributed by atoms with Gasteiger partial charge in [-0.1, -0.05) is 17.7 Å². The molecule has 0 aliphatic rings. The van der Waals surface area contributed by atoms with Crippen molar-refractivity contribution in [2.45, 2.75) is 17.7 Å². The number of carboxylic acids is 1. The summed E-state index contributed by atoms with van der Waals surface area (Å²) in [5.74, 6) is -3.15. The van der Waals surface area contributed by atoms with Crippen molar-refractivity contribution < 1.29 is 22.7 Å². The summed E-state index contributed by atoms with van der Waals surface area (Å²) < 4.78 is 37.7. The fraction of sp³-hybridized carbons (Fsp3) is 0.250. The fourth-order valence-corrected chi connectivity index (χ4v) is 3.21. The van der Waals surface area contributed by atoms with Gasteiger partial charge in [0, 0.05) is 5.02 Å². The van der Waals surface area contributed by atoms with E-state index in [-0.39, 0.29) is 17.2 Å². The largest absolute Gasteiger partial charge is 0.478 e. The Morgan fingerprint density at radius 2 is 2.11 bits per heavy atom. The molecule has 0 fully saturated rings. The number of aromatic carboxylic acids is 1. The number of carboxylic acid groups (broad SMARTS) is 1. The second kappa shape index (κ2) is 6.16. The standard InChI is InChI=1S/C12H12ClFO4S/c1-2-3-4-5-19(17,18)10-7-8(13)6-9(11(10)14)12(15)16/h2,6-7H,1,3-5H2,(H,15,16). The third kappa shape index (κ3) is 3.78. The van der Waals surface area contributed by atoms with Gasteiger partial charge < -0.3 is 5.11 Å². The fourth-order valence-electron chi connectivity index (χ4n) is 1.47. The number of sulfone groups is 1. The summed E-state index contributed by atoms with van der Waals surface area (Å²) in [7, 11) is -3.91. The number of hydrogen-bond acceptors (Lipinski definition) is 3. The van der Waals surface area contributed by atoms with Gasteiger partial charge in [0.25, 0.3) is 0 Å². The van der Waals surface area contributed by atoms with E-state index in [4.69, 9.17) is 16.7 Å². The second-order valence-electron chi connectivity index (χ2n) is 3.82. The van der Waals surface area contributed by atoms with Crippen molar-refractivity contribution in [2.24, 2.45) is 0 Å². The van der Waals surface area contributed by atoms with Crippen LogP contribution in [0.1, 0.15) is 23.2 Å². The van der Waals surface area contributed by atoms with Gasteiger partial charge in [0.2, 0.25) is 0 Å². The molecule has 0 aromatic heterocycles. The molecule has 0 spiro atoms. The number of hydrogen-bond donors (Lipinski definition) is 1. The van der Waals surface area contributed by atoms with E-state index in [2.05, 4.69) is 6.58 Å². The lowest BCUT2D eigenvalue weighted by Crippen LogP contribution is -2.12. The van der Waals surface area contributed by atoms with Crippen molar-refractivity contribution in [2.75, 3.05) is 5.75 Å². The molecule has 0 saturated carbocycles. The predicted molar refractivity (Wildman–Crippen MR) is 69.9 cm³/mol. The first-order chi connectivity index (χ1) is 8.79. The van der Waals surface area contributed by atoms with Crippen LogP contribution in [-0.2, 0) is 9.84 Å². The van der Waals surface area contributed by atoms with E-state index in [1.165, 1.54) is 0 Å². The molecule has 0 amide bonds. The van der Waals surface area contributed by atoms with Gasteiger partial charge in [0.05, 0.1) is 11.3 Å². The Morgan fingerprint density at radius 1 is 1.47 bits per heavy atom. The second-order valence-corrected chi connectivity index (χ2v) is 6.33. The maximum absolute atomic E-state index is 13.9. The molecule has 0 saturated heterocycles. The van der Waals surface area contributed by atoms with E-state index in [9.17, 15) is 17.6 Å². The zero-order valence-corrected chi connectivity index (χ0v) is 11.5. The van der Waals surface area contributed by atoms with Crippen molar-refractivity contribution >= 4 is 27.4 Å². The Balaban J connectivity index is 3.26. The Hall–Kier alpha value is -1.40. The number of allylic oxidation sites excluding steroid dienone is 1. The molecule has 0 atom stereocenters. The first kappa shape index (κ1) is 15.7. The predicted octanol–water partition coefficient (Wildman–Crippen LogP) is 2.92. The molecular weight excluding hydrogens is 295 g/mol. The van der Waals surface area contributed by atoms with Crippen LogP contribution in [0.15, 0.2) is 29.7 Å². The first-order valence-corrected chi connectivity index (χ1v) is 7.38. The topological polar surface area (TPSA) is 71.4 Å². The van der Waals surface area contributed by atoms with E-state index >= 15 is 0 Å². The number of rotatable bonds is 6. The van der Waals surface area contributed by atoms with Gasteiger partial charge >= 0.3 is 5.97 Å². The summed E-state index contributed by atoms with van der Waals surface area (Å²) in [6.07, 6.45) is 2.29. The molecule has 1 rings (SSSR count). The molecule has 0 unspecified atom stereocenters. The van der Waals surface area contributed by atoms with Gasteiger partial charge in [-0.15, -0.1) is 6.58 Å². The molecule has 0 heterocycles. The molecule has 0 bridgehead atoms. The Morgan fingerprint density at radius 3 is 2.63 bits per heavy atom. The van der Waals surface area contributed by atoms with E-state index < -0.39 is 32.1 Å². The van der Waals surface area contributed by atoms with Crippen LogP contribution in [-0.4, -0.2) is 25.2 Å². The number of carbonyl (C=O) groups is 1. The number of halogens is 2. The van der Waals surface area contributed by atoms with E-state index in [0.717, 1.165) is 12.1 Å². The molecule has 0 radical (unpaired) electrons. The van der Waals surface area contributed by atoms with E-state index in [1.54, 1.807) is 6.08 Å². The van der Waals surface area contributed by atoms with Crippen LogP contribution in [0.3, 0.4) is 0 Å². The molecular formula is C12H12ClFO4S. The molecule has 0 aliphatic carbocycles. The molecule has 1 aromatic rings. The summed E-state index contributed by atoms with van der Waals surface area (Å²) >= 11 is 5.62. The van der Waals surface area contributed by atoms with Crippen LogP contribution in [0.2, 0.25) is 5.02 Å². The minimum absolute atomic E-state index is 0.138. The summed E-state index contributed by atoms with van der Waals surface area (Å²) in [6.45, 7) is 3.45. The third-order valence-electron chi connectivity index (χ3n) is 2.39. The molecule has 0 aliphatic heterocycles. The lowest BCUT2D eigenvalue weighted by molar-refractivity contribution is 0.0691.